The summed E-state index contributed by atoms with van der Waals surface area (Å²) in [4.78, 5) is 36.5. The zero-order chi connectivity index (χ0) is 19.6. The van der Waals surface area contributed by atoms with Crippen molar-refractivity contribution < 1.29 is 19.2 Å². The molecule has 2 aromatic carbocycles. The number of fused-ring (bicyclic) bond motifs is 1. The first-order valence-electron chi connectivity index (χ1n) is 8.46. The lowest BCUT2D eigenvalue weighted by molar-refractivity contribution is -0.384. The zero-order valence-corrected chi connectivity index (χ0v) is 15.0. The molecule has 140 valence electrons. The molecule has 1 N–H and O–H groups in total. The number of hydrogen-bond donors (Lipinski definition) is 1. The fourth-order valence-electron chi connectivity index (χ4n) is 2.79. The normalized spacial score (nSPS) is 12.8. The Morgan fingerprint density at radius 1 is 1.26 bits per heavy atom. The molecule has 0 aromatic heterocycles. The number of benzene rings is 2. The van der Waals surface area contributed by atoms with Gasteiger partial charge in [0, 0.05) is 30.3 Å². The highest BCUT2D eigenvalue weighted by Gasteiger charge is 2.23. The summed E-state index contributed by atoms with van der Waals surface area (Å²) in [6, 6.07) is 10.9. The van der Waals surface area contributed by atoms with Crippen molar-refractivity contribution in [2.75, 3.05) is 11.9 Å². The first kappa shape index (κ1) is 18.4. The molecule has 0 aliphatic carbocycles. The molecule has 8 heteroatoms. The molecule has 2 amide bonds. The molecule has 0 saturated carbocycles. The number of rotatable bonds is 5. The summed E-state index contributed by atoms with van der Waals surface area (Å²) in [5.74, 6) is 0.0577. The number of nitrogens with one attached hydrogen (secondary N) is 1. The van der Waals surface area contributed by atoms with Gasteiger partial charge < -0.3 is 15.0 Å². The first-order valence-corrected chi connectivity index (χ1v) is 8.46. The topological polar surface area (TPSA) is 102 Å². The minimum atomic E-state index is -0.460. The van der Waals surface area contributed by atoms with Crippen LogP contribution in [0.15, 0.2) is 42.5 Å². The minimum Gasteiger partial charge on any atom is -0.482 e. The van der Waals surface area contributed by atoms with Gasteiger partial charge in [-0.15, -0.1) is 0 Å². The number of carbonyl (C=O) groups excluding carboxylic acids is 2. The molecule has 8 nitrogen and oxygen atoms in total. The second-order valence-corrected chi connectivity index (χ2v) is 6.50. The van der Waals surface area contributed by atoms with Crippen molar-refractivity contribution in [1.82, 2.24) is 4.90 Å². The number of carbonyl (C=O) groups is 2. The predicted molar refractivity (Wildman–Crippen MR) is 98.7 cm³/mol. The van der Waals surface area contributed by atoms with Gasteiger partial charge in [0.2, 0.25) is 0 Å². The smallest absolute Gasteiger partial charge is 0.269 e. The summed E-state index contributed by atoms with van der Waals surface area (Å²) >= 11 is 0. The second-order valence-electron chi connectivity index (χ2n) is 6.50. The maximum absolute atomic E-state index is 13.0. The number of nitrogens with zero attached hydrogens (tertiary/aromatic N) is 2. The first-order chi connectivity index (χ1) is 12.8. The Bertz CT molecular complexity index is 893. The van der Waals surface area contributed by atoms with E-state index in [1.807, 2.05) is 13.8 Å². The molecule has 3 rings (SSSR count). The van der Waals surface area contributed by atoms with Crippen LogP contribution in [0.5, 0.6) is 5.75 Å². The molecule has 1 heterocycles. The van der Waals surface area contributed by atoms with E-state index in [-0.39, 0.29) is 30.2 Å². The molecular weight excluding hydrogens is 350 g/mol. The van der Waals surface area contributed by atoms with Gasteiger partial charge in [-0.1, -0.05) is 12.1 Å². The van der Waals surface area contributed by atoms with Crippen LogP contribution in [0.3, 0.4) is 0 Å². The average molecular weight is 369 g/mol. The lowest BCUT2D eigenvalue weighted by Gasteiger charge is -2.27. The second kappa shape index (κ2) is 7.45. The largest absolute Gasteiger partial charge is 0.482 e. The monoisotopic (exact) mass is 369 g/mol. The van der Waals surface area contributed by atoms with E-state index in [0.29, 0.717) is 23.5 Å². The van der Waals surface area contributed by atoms with Crippen LogP contribution in [-0.4, -0.2) is 34.3 Å². The number of nitro groups is 1. The number of nitro benzene ring substituents is 1. The maximum Gasteiger partial charge on any atom is 0.269 e. The SMILES string of the molecule is CC(C)N(Cc1ccc([N+](=O)[O-])cc1)C(=O)c1ccc2c(c1)NC(=O)CO2. The fourth-order valence-corrected chi connectivity index (χ4v) is 2.79. The van der Waals surface area contributed by atoms with Gasteiger partial charge >= 0.3 is 0 Å². The Morgan fingerprint density at radius 3 is 2.59 bits per heavy atom. The van der Waals surface area contributed by atoms with Crippen molar-refractivity contribution in [3.63, 3.8) is 0 Å². The van der Waals surface area contributed by atoms with Crippen LogP contribution < -0.4 is 10.1 Å². The van der Waals surface area contributed by atoms with Crippen molar-refractivity contribution in [2.45, 2.75) is 26.4 Å². The van der Waals surface area contributed by atoms with Gasteiger partial charge in [-0.05, 0) is 37.6 Å². The van der Waals surface area contributed by atoms with E-state index in [1.54, 1.807) is 35.2 Å². The Labute approximate surface area is 155 Å². The number of hydrogen-bond acceptors (Lipinski definition) is 5. The molecular formula is C19H19N3O5. The Balaban J connectivity index is 1.82. The molecule has 0 atom stereocenters. The summed E-state index contributed by atoms with van der Waals surface area (Å²) in [5.41, 5.74) is 1.69. The lowest BCUT2D eigenvalue weighted by Crippen LogP contribution is -2.36. The molecule has 0 saturated heterocycles. The predicted octanol–water partition coefficient (Wildman–Crippen LogP) is 2.98. The van der Waals surface area contributed by atoms with Crippen molar-refractivity contribution in [3.8, 4) is 5.75 Å². The summed E-state index contributed by atoms with van der Waals surface area (Å²) in [6.07, 6.45) is 0. The highest BCUT2D eigenvalue weighted by Crippen LogP contribution is 2.29. The number of ether oxygens (including phenoxy) is 1. The summed E-state index contributed by atoms with van der Waals surface area (Å²) in [5, 5.41) is 13.5. The Kier molecular flexibility index (Phi) is 5.07. The third kappa shape index (κ3) is 4.05. The molecule has 0 bridgehead atoms. The summed E-state index contributed by atoms with van der Waals surface area (Å²) in [7, 11) is 0. The highest BCUT2D eigenvalue weighted by atomic mass is 16.6. The van der Waals surface area contributed by atoms with Crippen LogP contribution >= 0.6 is 0 Å². The van der Waals surface area contributed by atoms with Crippen LogP contribution in [0.1, 0.15) is 29.8 Å². The van der Waals surface area contributed by atoms with Gasteiger partial charge in [-0.2, -0.15) is 0 Å². The molecule has 1 aliphatic rings. The van der Waals surface area contributed by atoms with Crippen LogP contribution in [0.4, 0.5) is 11.4 Å². The van der Waals surface area contributed by atoms with Crippen LogP contribution in [0.25, 0.3) is 0 Å². The number of amides is 2. The highest BCUT2D eigenvalue weighted by molar-refractivity contribution is 6.00. The van der Waals surface area contributed by atoms with Crippen molar-refractivity contribution in [3.05, 3.63) is 63.7 Å². The quantitative estimate of drug-likeness (QED) is 0.645. The maximum atomic E-state index is 13.0. The number of non-ortho nitro benzene ring substituents is 1. The lowest BCUT2D eigenvalue weighted by atomic mass is 10.1. The Morgan fingerprint density at radius 2 is 1.96 bits per heavy atom. The van der Waals surface area contributed by atoms with Gasteiger partial charge in [0.15, 0.2) is 6.61 Å². The van der Waals surface area contributed by atoms with Gasteiger partial charge in [-0.3, -0.25) is 19.7 Å². The molecule has 1 aliphatic heterocycles. The van der Waals surface area contributed by atoms with E-state index >= 15 is 0 Å². The zero-order valence-electron chi connectivity index (χ0n) is 15.0. The third-order valence-electron chi connectivity index (χ3n) is 4.24. The van der Waals surface area contributed by atoms with Crippen LogP contribution in [-0.2, 0) is 11.3 Å². The Hall–Kier alpha value is -3.42. The van der Waals surface area contributed by atoms with Crippen molar-refractivity contribution in [2.24, 2.45) is 0 Å². The van der Waals surface area contributed by atoms with E-state index in [9.17, 15) is 19.7 Å². The third-order valence-corrected chi connectivity index (χ3v) is 4.24. The van der Waals surface area contributed by atoms with E-state index in [1.165, 1.54) is 12.1 Å². The molecule has 0 radical (unpaired) electrons. The van der Waals surface area contributed by atoms with E-state index in [2.05, 4.69) is 5.32 Å². The molecule has 0 fully saturated rings. The van der Waals surface area contributed by atoms with Gasteiger partial charge in [-0.25, -0.2) is 0 Å². The van der Waals surface area contributed by atoms with Gasteiger partial charge in [0.1, 0.15) is 5.75 Å². The van der Waals surface area contributed by atoms with E-state index in [4.69, 9.17) is 4.74 Å². The van der Waals surface area contributed by atoms with E-state index in [0.717, 1.165) is 5.56 Å². The van der Waals surface area contributed by atoms with Crippen LogP contribution in [0.2, 0.25) is 0 Å². The van der Waals surface area contributed by atoms with Crippen LogP contribution in [0, 0.1) is 10.1 Å². The van der Waals surface area contributed by atoms with Crippen molar-refractivity contribution >= 4 is 23.2 Å². The van der Waals surface area contributed by atoms with Crippen molar-refractivity contribution in [1.29, 1.82) is 0 Å². The standard InChI is InChI=1S/C19H19N3O5/c1-12(2)21(10-13-3-6-15(7-4-13)22(25)26)19(24)14-5-8-17-16(9-14)20-18(23)11-27-17/h3-9,12H,10-11H2,1-2H3,(H,20,23). The molecule has 0 spiro atoms. The molecule has 0 unspecified atom stereocenters. The van der Waals surface area contributed by atoms with Gasteiger partial charge in [0.25, 0.3) is 17.5 Å². The fraction of sp³-hybridized carbons (Fsp3) is 0.263. The molecule has 27 heavy (non-hydrogen) atoms. The molecule has 2 aromatic rings. The minimum absolute atomic E-state index is 0.00611. The number of anilines is 1. The average Bonchev–Trinajstić information content (AvgIpc) is 2.65. The summed E-state index contributed by atoms with van der Waals surface area (Å²) < 4.78 is 5.31. The van der Waals surface area contributed by atoms with Gasteiger partial charge in [0.05, 0.1) is 10.6 Å². The van der Waals surface area contributed by atoms with E-state index < -0.39 is 4.92 Å². The summed E-state index contributed by atoms with van der Waals surface area (Å²) in [6.45, 7) is 4.06.